The molecule has 5 rings (SSSR count). The maximum atomic E-state index is 15.4. The van der Waals surface area contributed by atoms with E-state index in [4.69, 9.17) is 0 Å². The maximum absolute atomic E-state index is 15.4. The predicted molar refractivity (Wildman–Crippen MR) is 147 cm³/mol. The summed E-state index contributed by atoms with van der Waals surface area (Å²) in [7, 11) is -9.57. The summed E-state index contributed by atoms with van der Waals surface area (Å²) >= 11 is 1.05. The van der Waals surface area contributed by atoms with Crippen molar-refractivity contribution in [2.75, 3.05) is 0 Å². The Bertz CT molecular complexity index is 1880. The van der Waals surface area contributed by atoms with Crippen LogP contribution >= 0.6 is 22.7 Å². The number of halogens is 6. The Morgan fingerprint density at radius 1 is 0.578 bits per heavy atom. The average Bonchev–Trinajstić information content (AvgIpc) is 3.50. The molecule has 4 aromatic rings. The summed E-state index contributed by atoms with van der Waals surface area (Å²) in [6.45, 7) is 2.55. The van der Waals surface area contributed by atoms with E-state index >= 15 is 17.6 Å². The third-order valence-corrected chi connectivity index (χ3v) is 11.1. The Balaban J connectivity index is 0.00000276. The first-order valence-electron chi connectivity index (χ1n) is 11.9. The number of hydrogen-bond acceptors (Lipinski definition) is 8. The van der Waals surface area contributed by atoms with E-state index in [0.29, 0.717) is 22.7 Å². The molecule has 228 valence electrons. The van der Waals surface area contributed by atoms with Crippen molar-refractivity contribution in [2.24, 2.45) is 0 Å². The second-order valence-electron chi connectivity index (χ2n) is 9.68. The average molecular weight is 725 g/mol. The molecule has 45 heavy (non-hydrogen) atoms. The molecule has 0 saturated carbocycles. The summed E-state index contributed by atoms with van der Waals surface area (Å²) in [4.78, 5) is -1.87. The minimum Gasteiger partial charge on any atom is -0.744 e. The largest absolute Gasteiger partial charge is 1.00 e. The van der Waals surface area contributed by atoms with Gasteiger partial charge in [-0.05, 0) is 72.5 Å². The van der Waals surface area contributed by atoms with Crippen molar-refractivity contribution < 1.29 is 111 Å². The van der Waals surface area contributed by atoms with Crippen molar-refractivity contribution in [1.82, 2.24) is 0 Å². The van der Waals surface area contributed by atoms with E-state index in [-0.39, 0.29) is 91.1 Å². The minimum atomic E-state index is -5.80. The number of hydrogen-bond donors (Lipinski definition) is 0. The van der Waals surface area contributed by atoms with Gasteiger partial charge in [-0.1, -0.05) is 24.3 Å². The van der Waals surface area contributed by atoms with Crippen molar-refractivity contribution in [3.63, 3.8) is 0 Å². The van der Waals surface area contributed by atoms with Crippen LogP contribution < -0.4 is 59.1 Å². The van der Waals surface area contributed by atoms with Crippen LogP contribution in [0.5, 0.6) is 0 Å². The molecule has 18 heteroatoms. The molecule has 0 unspecified atom stereocenters. The van der Waals surface area contributed by atoms with E-state index < -0.39 is 68.7 Å². The minimum absolute atomic E-state index is 0. The van der Waals surface area contributed by atoms with Crippen molar-refractivity contribution in [3.8, 4) is 20.9 Å². The second-order valence-corrected chi connectivity index (χ2v) is 14.5. The van der Waals surface area contributed by atoms with Gasteiger partial charge in [0, 0.05) is 19.5 Å². The van der Waals surface area contributed by atoms with E-state index in [2.05, 4.69) is 0 Å². The van der Waals surface area contributed by atoms with Gasteiger partial charge in [-0.25, -0.2) is 16.8 Å². The van der Waals surface area contributed by atoms with E-state index in [1.165, 1.54) is 50.2 Å². The molecule has 1 aliphatic rings. The molecule has 0 N–H and O–H groups in total. The van der Waals surface area contributed by atoms with Crippen LogP contribution in [0, 0.1) is 13.8 Å². The molecule has 2 aromatic carbocycles. The molecule has 1 aliphatic carbocycles. The smallest absolute Gasteiger partial charge is 0.744 e. The topological polar surface area (TPSA) is 114 Å². The molecule has 0 saturated heterocycles. The number of aryl methyl sites for hydroxylation is 2. The third-order valence-electron chi connectivity index (χ3n) is 6.81. The van der Waals surface area contributed by atoms with Crippen molar-refractivity contribution in [2.45, 2.75) is 41.4 Å². The summed E-state index contributed by atoms with van der Waals surface area (Å²) in [6.07, 6.45) is 0. The molecule has 0 bridgehead atoms. The monoisotopic (exact) mass is 724 g/mol. The SMILES string of the molecule is Cc1cc(-c2ccc(S(=O)(=O)[O-])cc2)sc1C1=C(c2sc(-c3ccc(S(=O)(=O)[O-])cc3)cc2C)C(F)(F)C(F)(F)C1(F)F.[Na+].[Na+]. The molecular formula is C27H16F6Na2O6S4. The van der Waals surface area contributed by atoms with Gasteiger partial charge in [-0.15, -0.1) is 22.7 Å². The molecule has 0 atom stereocenters. The van der Waals surface area contributed by atoms with Crippen LogP contribution in [0.1, 0.15) is 20.9 Å². The fourth-order valence-electron chi connectivity index (χ4n) is 4.65. The number of rotatable bonds is 6. The Morgan fingerprint density at radius 3 is 1.13 bits per heavy atom. The molecule has 0 radical (unpaired) electrons. The van der Waals surface area contributed by atoms with Crippen LogP contribution in [0.15, 0.2) is 70.5 Å². The fraction of sp³-hybridized carbons (Fsp3) is 0.185. The van der Waals surface area contributed by atoms with E-state index in [1.54, 1.807) is 0 Å². The predicted octanol–water partition coefficient (Wildman–Crippen LogP) is 1.41. The molecule has 0 spiro atoms. The molecule has 0 fully saturated rings. The first-order valence-corrected chi connectivity index (χ1v) is 16.4. The van der Waals surface area contributed by atoms with Gasteiger partial charge in [0.2, 0.25) is 0 Å². The van der Waals surface area contributed by atoms with Crippen LogP contribution in [0.25, 0.3) is 32.0 Å². The number of thiophene rings is 2. The number of benzene rings is 2. The van der Waals surface area contributed by atoms with Gasteiger partial charge < -0.3 is 9.11 Å². The zero-order chi connectivity index (χ0) is 31.9. The van der Waals surface area contributed by atoms with Gasteiger partial charge >= 0.3 is 76.9 Å². The van der Waals surface area contributed by atoms with Crippen LogP contribution in [0.3, 0.4) is 0 Å². The standard InChI is InChI=1S/C27H18F6O6S4.2Na/c1-13-11-19(15-3-7-17(8-4-15)42(34,35)36)40-23(13)21-22(26(30,31)27(32,33)25(21,28)29)24-14(2)12-20(41-24)16-5-9-18(10-6-16)43(37,38)39;;/h3-12H,1-2H3,(H,34,35,36)(H,37,38,39);;/q;2*+1/p-2. The Hall–Kier alpha value is -1.02. The molecular weight excluding hydrogens is 709 g/mol. The Morgan fingerprint density at radius 2 is 0.867 bits per heavy atom. The van der Waals surface area contributed by atoms with Gasteiger partial charge in [0.1, 0.15) is 20.2 Å². The van der Waals surface area contributed by atoms with Crippen molar-refractivity contribution in [3.05, 3.63) is 81.5 Å². The van der Waals surface area contributed by atoms with E-state index in [1.807, 2.05) is 0 Å². The Labute approximate surface area is 306 Å². The van der Waals surface area contributed by atoms with E-state index in [9.17, 15) is 34.7 Å². The summed E-state index contributed by atoms with van der Waals surface area (Å²) in [5.41, 5.74) is -2.70. The fourth-order valence-corrected chi connectivity index (χ4v) is 8.12. The first-order chi connectivity index (χ1) is 19.7. The molecule has 2 aromatic heterocycles. The van der Waals surface area contributed by atoms with Crippen molar-refractivity contribution in [1.29, 1.82) is 0 Å². The van der Waals surface area contributed by atoms with Crippen LogP contribution in [-0.2, 0) is 20.2 Å². The van der Waals surface area contributed by atoms with Gasteiger partial charge in [0.25, 0.3) is 0 Å². The maximum Gasteiger partial charge on any atom is 1.00 e. The van der Waals surface area contributed by atoms with Gasteiger partial charge in [0.15, 0.2) is 0 Å². The zero-order valence-corrected chi connectivity index (χ0v) is 30.9. The number of allylic oxidation sites excluding steroid dienone is 2. The molecule has 2 heterocycles. The van der Waals surface area contributed by atoms with Gasteiger partial charge in [-0.3, -0.25) is 0 Å². The number of alkyl halides is 6. The van der Waals surface area contributed by atoms with Crippen LogP contribution in [-0.4, -0.2) is 43.7 Å². The Kier molecular flexibility index (Phi) is 10.9. The molecule has 0 amide bonds. The first kappa shape index (κ1) is 38.4. The van der Waals surface area contributed by atoms with Gasteiger partial charge in [-0.2, -0.15) is 26.3 Å². The summed E-state index contributed by atoms with van der Waals surface area (Å²) in [5, 5.41) is 0. The van der Waals surface area contributed by atoms with E-state index in [0.717, 1.165) is 24.3 Å². The summed E-state index contributed by atoms with van der Waals surface area (Å²) in [5.74, 6) is -16.4. The van der Waals surface area contributed by atoms with Gasteiger partial charge in [0.05, 0.1) is 20.9 Å². The second kappa shape index (κ2) is 12.8. The molecule has 6 nitrogen and oxygen atoms in total. The van der Waals surface area contributed by atoms with Crippen LogP contribution in [0.2, 0.25) is 0 Å². The van der Waals surface area contributed by atoms with Crippen molar-refractivity contribution >= 4 is 54.1 Å². The third kappa shape index (κ3) is 6.55. The quantitative estimate of drug-likeness (QED) is 0.169. The summed E-state index contributed by atoms with van der Waals surface area (Å²) < 4.78 is 159. The normalized spacial score (nSPS) is 17.1. The zero-order valence-electron chi connectivity index (χ0n) is 23.6. The molecule has 0 aliphatic heterocycles. The summed E-state index contributed by atoms with van der Waals surface area (Å²) in [6, 6.07) is 11.3. The van der Waals surface area contributed by atoms with Crippen LogP contribution in [0.4, 0.5) is 26.3 Å².